The summed E-state index contributed by atoms with van der Waals surface area (Å²) >= 11 is 0. The van der Waals surface area contributed by atoms with Crippen LogP contribution in [0.4, 0.5) is 4.79 Å². The minimum Gasteiger partial charge on any atom is -0.481 e. The number of alkyl carbamates (subject to hydrolysis) is 1. The van der Waals surface area contributed by atoms with Gasteiger partial charge in [-0.05, 0) is 59.3 Å². The maximum absolute atomic E-state index is 12.4. The van der Waals surface area contributed by atoms with E-state index in [1.54, 1.807) is 0 Å². The van der Waals surface area contributed by atoms with E-state index in [4.69, 9.17) is 4.74 Å². The van der Waals surface area contributed by atoms with E-state index in [-0.39, 0.29) is 19.1 Å². The third-order valence-electron chi connectivity index (χ3n) is 7.64. The van der Waals surface area contributed by atoms with Crippen molar-refractivity contribution in [3.63, 3.8) is 0 Å². The predicted octanol–water partition coefficient (Wildman–Crippen LogP) is 6.08. The summed E-state index contributed by atoms with van der Waals surface area (Å²) in [7, 11) is 0. The first kappa shape index (κ1) is 23.3. The Kier molecular flexibility index (Phi) is 7.36. The van der Waals surface area contributed by atoms with E-state index in [0.717, 1.165) is 29.9 Å². The molecular formula is C28H35NO4. The highest BCUT2D eigenvalue weighted by molar-refractivity contribution is 5.79. The maximum atomic E-state index is 12.4. The number of benzene rings is 2. The number of ether oxygens (including phenoxy) is 1. The number of nitrogens with one attached hydrogen (secondary N) is 1. The molecule has 1 saturated carbocycles. The molecule has 2 N–H and O–H groups in total. The van der Waals surface area contributed by atoms with Gasteiger partial charge in [0.1, 0.15) is 6.61 Å². The molecule has 2 aliphatic carbocycles. The third kappa shape index (κ3) is 5.40. The second-order valence-electron chi connectivity index (χ2n) is 10.0. The number of carbonyl (C=O) groups is 2. The molecule has 2 aromatic carbocycles. The van der Waals surface area contributed by atoms with Crippen LogP contribution in [0.5, 0.6) is 0 Å². The third-order valence-corrected chi connectivity index (χ3v) is 7.64. The van der Waals surface area contributed by atoms with Crippen LogP contribution in [-0.2, 0) is 9.53 Å². The minimum atomic E-state index is -0.847. The lowest BCUT2D eigenvalue weighted by Gasteiger charge is -2.32. The first-order chi connectivity index (χ1) is 15.9. The lowest BCUT2D eigenvalue weighted by atomic mass is 9.74. The van der Waals surface area contributed by atoms with Crippen molar-refractivity contribution in [2.24, 2.45) is 23.7 Å². The molecule has 1 atom stereocenters. The van der Waals surface area contributed by atoms with Crippen molar-refractivity contribution >= 4 is 12.1 Å². The topological polar surface area (TPSA) is 75.6 Å². The molecule has 1 amide bonds. The van der Waals surface area contributed by atoms with Gasteiger partial charge in [0.2, 0.25) is 0 Å². The SMILES string of the molecule is CC(C)C1CCC(CC(CNC(=O)OCC2c3ccccc3-c3ccccc32)C(=O)O)CC1. The van der Waals surface area contributed by atoms with Crippen LogP contribution in [0.1, 0.15) is 63.0 Å². The van der Waals surface area contributed by atoms with E-state index in [0.29, 0.717) is 18.3 Å². The van der Waals surface area contributed by atoms with Gasteiger partial charge < -0.3 is 15.2 Å². The first-order valence-electron chi connectivity index (χ1n) is 12.3. The Hall–Kier alpha value is -2.82. The van der Waals surface area contributed by atoms with Gasteiger partial charge in [-0.1, -0.05) is 75.2 Å². The molecule has 0 bridgehead atoms. The number of carboxylic acids is 1. The lowest BCUT2D eigenvalue weighted by Crippen LogP contribution is -2.35. The van der Waals surface area contributed by atoms with Gasteiger partial charge >= 0.3 is 12.1 Å². The summed E-state index contributed by atoms with van der Waals surface area (Å²) in [4.78, 5) is 24.2. The predicted molar refractivity (Wildman–Crippen MR) is 129 cm³/mol. The maximum Gasteiger partial charge on any atom is 0.407 e. The summed E-state index contributed by atoms with van der Waals surface area (Å²) in [5.41, 5.74) is 4.68. The van der Waals surface area contributed by atoms with Gasteiger partial charge in [0.05, 0.1) is 5.92 Å². The van der Waals surface area contributed by atoms with Gasteiger partial charge in [-0.2, -0.15) is 0 Å². The fraction of sp³-hybridized carbons (Fsp3) is 0.500. The zero-order chi connectivity index (χ0) is 23.4. The average Bonchev–Trinajstić information content (AvgIpc) is 3.14. The van der Waals surface area contributed by atoms with Gasteiger partial charge in [-0.25, -0.2) is 4.79 Å². The lowest BCUT2D eigenvalue weighted by molar-refractivity contribution is -0.142. The van der Waals surface area contributed by atoms with Gasteiger partial charge in [-0.15, -0.1) is 0 Å². The van der Waals surface area contributed by atoms with Crippen LogP contribution in [-0.4, -0.2) is 30.3 Å². The molecule has 0 aliphatic heterocycles. The molecule has 176 valence electrons. The second-order valence-corrected chi connectivity index (χ2v) is 10.0. The van der Waals surface area contributed by atoms with E-state index in [9.17, 15) is 14.7 Å². The molecule has 2 aliphatic rings. The number of carbonyl (C=O) groups excluding carboxylic acids is 1. The number of rotatable bonds is 8. The monoisotopic (exact) mass is 449 g/mol. The molecule has 0 saturated heterocycles. The standard InChI is InChI=1S/C28H35NO4/c1-18(2)20-13-11-19(12-14-20)15-21(27(30)31)16-29-28(32)33-17-26-24-9-5-3-7-22(24)23-8-4-6-10-25(23)26/h3-10,18-21,26H,11-17H2,1-2H3,(H,29,32)(H,30,31). The van der Waals surface area contributed by atoms with Crippen molar-refractivity contribution in [2.75, 3.05) is 13.2 Å². The molecule has 0 heterocycles. The number of aliphatic carboxylic acids is 1. The smallest absolute Gasteiger partial charge is 0.407 e. The van der Waals surface area contributed by atoms with Gasteiger partial charge in [0.15, 0.2) is 0 Å². The molecule has 5 heteroatoms. The number of hydrogen-bond donors (Lipinski definition) is 2. The van der Waals surface area contributed by atoms with Crippen molar-refractivity contribution in [1.82, 2.24) is 5.32 Å². The number of hydrogen-bond acceptors (Lipinski definition) is 3. The Morgan fingerprint density at radius 3 is 2.09 bits per heavy atom. The average molecular weight is 450 g/mol. The molecule has 4 rings (SSSR count). The van der Waals surface area contributed by atoms with Crippen LogP contribution < -0.4 is 5.32 Å². The summed E-state index contributed by atoms with van der Waals surface area (Å²) in [6.45, 7) is 4.87. The van der Waals surface area contributed by atoms with Crippen LogP contribution in [0.3, 0.4) is 0 Å². The summed E-state index contributed by atoms with van der Waals surface area (Å²) in [6, 6.07) is 16.4. The van der Waals surface area contributed by atoms with Crippen LogP contribution in [0.15, 0.2) is 48.5 Å². The molecule has 0 spiro atoms. The Balaban J connectivity index is 1.29. The first-order valence-corrected chi connectivity index (χ1v) is 12.3. The van der Waals surface area contributed by atoms with Gasteiger partial charge in [0, 0.05) is 12.5 Å². The van der Waals surface area contributed by atoms with E-state index < -0.39 is 18.0 Å². The minimum absolute atomic E-state index is 0.00503. The van der Waals surface area contributed by atoms with E-state index >= 15 is 0 Å². The van der Waals surface area contributed by atoms with Crippen molar-refractivity contribution < 1.29 is 19.4 Å². The number of carboxylic acid groups (broad SMARTS) is 1. The van der Waals surface area contributed by atoms with E-state index in [1.165, 1.54) is 24.0 Å². The molecule has 33 heavy (non-hydrogen) atoms. The molecular weight excluding hydrogens is 414 g/mol. The van der Waals surface area contributed by atoms with Crippen LogP contribution in [0.2, 0.25) is 0 Å². The highest BCUT2D eigenvalue weighted by Crippen LogP contribution is 2.44. The summed E-state index contributed by atoms with van der Waals surface area (Å²) in [5, 5.41) is 12.4. The van der Waals surface area contributed by atoms with Crippen molar-refractivity contribution in [1.29, 1.82) is 0 Å². The molecule has 1 fully saturated rings. The van der Waals surface area contributed by atoms with Crippen LogP contribution in [0.25, 0.3) is 11.1 Å². The highest BCUT2D eigenvalue weighted by atomic mass is 16.5. The molecule has 5 nitrogen and oxygen atoms in total. The largest absolute Gasteiger partial charge is 0.481 e. The van der Waals surface area contributed by atoms with Gasteiger partial charge in [-0.3, -0.25) is 4.79 Å². The molecule has 0 aromatic heterocycles. The Bertz CT molecular complexity index is 932. The highest BCUT2D eigenvalue weighted by Gasteiger charge is 2.30. The fourth-order valence-electron chi connectivity index (χ4n) is 5.62. The zero-order valence-electron chi connectivity index (χ0n) is 19.6. The number of amides is 1. The van der Waals surface area contributed by atoms with E-state index in [1.807, 2.05) is 24.3 Å². The zero-order valence-corrected chi connectivity index (χ0v) is 19.6. The van der Waals surface area contributed by atoms with Crippen molar-refractivity contribution in [3.05, 3.63) is 59.7 Å². The van der Waals surface area contributed by atoms with Crippen LogP contribution in [0, 0.1) is 23.7 Å². The normalized spacial score (nSPS) is 20.7. The van der Waals surface area contributed by atoms with Crippen molar-refractivity contribution in [3.8, 4) is 11.1 Å². The van der Waals surface area contributed by atoms with Gasteiger partial charge in [0.25, 0.3) is 0 Å². The summed E-state index contributed by atoms with van der Waals surface area (Å²) < 4.78 is 5.56. The second kappa shape index (κ2) is 10.4. The molecule has 2 aromatic rings. The molecule has 0 radical (unpaired) electrons. The Morgan fingerprint density at radius 2 is 1.55 bits per heavy atom. The van der Waals surface area contributed by atoms with Crippen molar-refractivity contribution in [2.45, 2.75) is 51.9 Å². The quantitative estimate of drug-likeness (QED) is 0.512. The number of fused-ring (bicyclic) bond motifs is 3. The molecule has 1 unspecified atom stereocenters. The Labute approximate surface area is 196 Å². The summed E-state index contributed by atoms with van der Waals surface area (Å²) in [5.74, 6) is 0.436. The van der Waals surface area contributed by atoms with Crippen LogP contribution >= 0.6 is 0 Å². The Morgan fingerprint density at radius 1 is 0.970 bits per heavy atom. The van der Waals surface area contributed by atoms with E-state index in [2.05, 4.69) is 43.4 Å². The summed E-state index contributed by atoms with van der Waals surface area (Å²) in [6.07, 6.45) is 4.58. The fourth-order valence-corrected chi connectivity index (χ4v) is 5.62.